The Labute approximate surface area is 58.1 Å². The molecular weight excluding hydrogens is 162 g/mol. The molecule has 0 radical (unpaired) electrons. The van der Waals surface area contributed by atoms with E-state index in [9.17, 15) is 4.91 Å². The second kappa shape index (κ2) is 5.07. The first-order valence-corrected chi connectivity index (χ1v) is 3.45. The molecule has 0 aliphatic carbocycles. The lowest BCUT2D eigenvalue weighted by Gasteiger charge is -1.88. The molecule has 0 aliphatic rings. The van der Waals surface area contributed by atoms with E-state index in [1.165, 1.54) is 0 Å². The van der Waals surface area contributed by atoms with Crippen molar-refractivity contribution in [1.82, 2.24) is 4.85 Å². The molecule has 0 rings (SSSR count). The molecule has 0 saturated carbocycles. The summed E-state index contributed by atoms with van der Waals surface area (Å²) in [6.45, 7) is 3.32. The zero-order chi connectivity index (χ0) is 8.78. The number of hydrogen-bond acceptors (Lipinski definition) is 4. The van der Waals surface area contributed by atoms with Gasteiger partial charge in [0.1, 0.15) is 0 Å². The van der Waals surface area contributed by atoms with Crippen LogP contribution in [0.5, 0.6) is 0 Å². The standard InChI is InChI=1S/C3H6NO.H2O4S/c1-3(2)4-5;1-5(2,3)4/h1-2H3;(H2,1,2,3,4)/q+1;/p-1. The first-order chi connectivity index (χ1) is 4.27. The van der Waals surface area contributed by atoms with E-state index in [1.54, 1.807) is 13.8 Å². The first kappa shape index (κ1) is 12.0. The average Bonchev–Trinajstić information content (AvgIpc) is 1.61. The summed E-state index contributed by atoms with van der Waals surface area (Å²) in [5.74, 6) is 0. The highest BCUT2D eigenvalue weighted by atomic mass is 32.3. The molecule has 0 aromatic carbocycles. The van der Waals surface area contributed by atoms with Crippen LogP contribution in [0.1, 0.15) is 13.8 Å². The highest BCUT2D eigenvalue weighted by molar-refractivity contribution is 7.79. The Hall–Kier alpha value is -0.750. The molecule has 7 heteroatoms. The lowest BCUT2D eigenvalue weighted by Crippen LogP contribution is -1.90. The van der Waals surface area contributed by atoms with E-state index in [0.717, 1.165) is 0 Å². The molecular formula is C3H7NO5S. The maximum absolute atomic E-state index is 9.22. The third-order valence-electron chi connectivity index (χ3n) is 0.183. The Morgan fingerprint density at radius 3 is 1.60 bits per heavy atom. The molecule has 0 bridgehead atoms. The van der Waals surface area contributed by atoms with Crippen molar-refractivity contribution in [2.24, 2.45) is 0 Å². The van der Waals surface area contributed by atoms with Crippen molar-refractivity contribution in [3.63, 3.8) is 0 Å². The highest BCUT2D eigenvalue weighted by Gasteiger charge is 1.84. The molecule has 6 nitrogen and oxygen atoms in total. The van der Waals surface area contributed by atoms with Crippen LogP contribution in [0.3, 0.4) is 0 Å². The van der Waals surface area contributed by atoms with E-state index in [0.29, 0.717) is 5.71 Å². The van der Waals surface area contributed by atoms with Gasteiger partial charge < -0.3 is 4.55 Å². The second-order valence-corrected chi connectivity index (χ2v) is 2.32. The van der Waals surface area contributed by atoms with Gasteiger partial charge in [-0.15, -0.1) is 0 Å². The SMILES string of the molecule is CC(C)=[N+]=O.O=S(=O)([O-])O. The zero-order valence-electron chi connectivity index (χ0n) is 5.44. The molecule has 0 heterocycles. The van der Waals surface area contributed by atoms with Gasteiger partial charge in [-0.25, -0.2) is 8.42 Å². The van der Waals surface area contributed by atoms with Crippen molar-refractivity contribution in [2.75, 3.05) is 0 Å². The Balaban J connectivity index is 0. The van der Waals surface area contributed by atoms with Crippen LogP contribution in [-0.4, -0.2) is 23.2 Å². The fourth-order valence-electron chi connectivity index (χ4n) is 0. The summed E-state index contributed by atoms with van der Waals surface area (Å²) in [6, 6.07) is 0. The molecule has 0 fully saturated rings. The number of hydrogen-bond donors (Lipinski definition) is 1. The number of nitroso groups, excluding NO2 is 1. The summed E-state index contributed by atoms with van der Waals surface area (Å²) in [4.78, 5) is 11.8. The monoisotopic (exact) mass is 169 g/mol. The van der Waals surface area contributed by atoms with Crippen LogP contribution < -0.4 is 4.85 Å². The molecule has 0 amide bonds. The summed E-state index contributed by atoms with van der Waals surface area (Å²) in [5, 5.41) is 0. The lowest BCUT2D eigenvalue weighted by molar-refractivity contribution is 0.366. The average molecular weight is 169 g/mol. The predicted octanol–water partition coefficient (Wildman–Crippen LogP) is -0.695. The van der Waals surface area contributed by atoms with Gasteiger partial charge in [0.25, 0.3) is 0 Å². The predicted molar refractivity (Wildman–Crippen MR) is 34.2 cm³/mol. The maximum Gasteiger partial charge on any atom is 0.343 e. The van der Waals surface area contributed by atoms with Crippen molar-refractivity contribution >= 4 is 16.1 Å². The van der Waals surface area contributed by atoms with Crippen LogP contribution in [0.15, 0.2) is 0 Å². The smallest absolute Gasteiger partial charge is 0.343 e. The summed E-state index contributed by atoms with van der Waals surface area (Å²) in [6.07, 6.45) is 0. The normalized spacial score (nSPS) is 8.80. The zero-order valence-corrected chi connectivity index (χ0v) is 6.25. The van der Waals surface area contributed by atoms with Crippen LogP contribution in [0.2, 0.25) is 0 Å². The minimum Gasteiger partial charge on any atom is -0.726 e. The van der Waals surface area contributed by atoms with Gasteiger partial charge in [-0.3, -0.25) is 4.55 Å². The Morgan fingerprint density at radius 1 is 1.50 bits per heavy atom. The topological polar surface area (TPSA) is 109 Å². The van der Waals surface area contributed by atoms with Crippen molar-refractivity contribution in [1.29, 1.82) is 0 Å². The highest BCUT2D eigenvalue weighted by Crippen LogP contribution is 1.58. The summed E-state index contributed by atoms with van der Waals surface area (Å²) in [5.41, 5.74) is 0.574. The minimum atomic E-state index is -4.92. The van der Waals surface area contributed by atoms with Gasteiger partial charge in [-0.1, -0.05) is 0 Å². The van der Waals surface area contributed by atoms with E-state index in [4.69, 9.17) is 17.5 Å². The lowest BCUT2D eigenvalue weighted by atomic mass is 10.5. The maximum atomic E-state index is 9.22. The van der Waals surface area contributed by atoms with Gasteiger partial charge in [0.15, 0.2) is 4.91 Å². The third-order valence-corrected chi connectivity index (χ3v) is 0.183. The molecule has 0 aromatic heterocycles. The van der Waals surface area contributed by atoms with Gasteiger partial charge in [0, 0.05) is 13.8 Å². The molecule has 0 spiro atoms. The van der Waals surface area contributed by atoms with Crippen LogP contribution in [0.4, 0.5) is 0 Å². The summed E-state index contributed by atoms with van der Waals surface area (Å²) >= 11 is 0. The fourth-order valence-corrected chi connectivity index (χ4v) is 0. The number of nitrogens with zero attached hydrogens (tertiary/aromatic N) is 1. The van der Waals surface area contributed by atoms with Crippen LogP contribution in [0, 0.1) is 4.91 Å². The first-order valence-electron chi connectivity index (χ1n) is 2.09. The quantitative estimate of drug-likeness (QED) is 0.223. The van der Waals surface area contributed by atoms with Gasteiger partial charge in [-0.2, -0.15) is 0 Å². The summed E-state index contributed by atoms with van der Waals surface area (Å²) in [7, 11) is -4.92. The number of rotatable bonds is 0. The summed E-state index contributed by atoms with van der Waals surface area (Å²) < 4.78 is 32.8. The van der Waals surface area contributed by atoms with E-state index < -0.39 is 10.4 Å². The second-order valence-electron chi connectivity index (χ2n) is 1.47. The van der Waals surface area contributed by atoms with E-state index >= 15 is 0 Å². The van der Waals surface area contributed by atoms with Gasteiger partial charge >= 0.3 is 5.71 Å². The molecule has 1 N–H and O–H groups in total. The Kier molecular flexibility index (Phi) is 6.07. The van der Waals surface area contributed by atoms with Gasteiger partial charge in [-0.05, 0) is 0 Å². The molecule has 0 atom stereocenters. The van der Waals surface area contributed by atoms with Crippen LogP contribution >= 0.6 is 0 Å². The van der Waals surface area contributed by atoms with Gasteiger partial charge in [0.2, 0.25) is 15.3 Å². The van der Waals surface area contributed by atoms with Crippen molar-refractivity contribution in [3.05, 3.63) is 4.91 Å². The van der Waals surface area contributed by atoms with Crippen LogP contribution in [0.25, 0.3) is 0 Å². The van der Waals surface area contributed by atoms with E-state index in [2.05, 4.69) is 4.85 Å². The molecule has 60 valence electrons. The third kappa shape index (κ3) is 181. The van der Waals surface area contributed by atoms with Crippen molar-refractivity contribution < 1.29 is 17.5 Å². The van der Waals surface area contributed by atoms with E-state index in [-0.39, 0.29) is 0 Å². The van der Waals surface area contributed by atoms with Crippen molar-refractivity contribution in [3.8, 4) is 0 Å². The minimum absolute atomic E-state index is 0.574. The molecule has 0 aliphatic heterocycles. The Bertz CT molecular complexity index is 211. The van der Waals surface area contributed by atoms with Gasteiger partial charge in [0.05, 0.1) is 0 Å². The molecule has 0 aromatic rings. The fraction of sp³-hybridized carbons (Fsp3) is 0.667. The molecule has 0 unspecified atom stereocenters. The van der Waals surface area contributed by atoms with Crippen LogP contribution in [-0.2, 0) is 10.4 Å². The molecule has 0 saturated heterocycles. The van der Waals surface area contributed by atoms with E-state index in [1.807, 2.05) is 0 Å². The largest absolute Gasteiger partial charge is 0.726 e. The van der Waals surface area contributed by atoms with Crippen molar-refractivity contribution in [2.45, 2.75) is 13.8 Å². The molecule has 10 heavy (non-hydrogen) atoms. The Morgan fingerprint density at radius 2 is 1.60 bits per heavy atom.